The molecule has 30 heavy (non-hydrogen) atoms. The van der Waals surface area contributed by atoms with Crippen molar-refractivity contribution in [3.63, 3.8) is 0 Å². The first kappa shape index (κ1) is 21.8. The fourth-order valence-electron chi connectivity index (χ4n) is 7.14. The lowest BCUT2D eigenvalue weighted by atomic mass is 9.46. The summed E-state index contributed by atoms with van der Waals surface area (Å²) < 4.78 is 0. The van der Waals surface area contributed by atoms with Gasteiger partial charge in [0.15, 0.2) is 11.6 Å². The molecule has 4 aliphatic rings. The third-order valence-electron chi connectivity index (χ3n) is 8.57. The molecule has 0 aromatic carbocycles. The number of carbonyl (C=O) groups is 3. The van der Waals surface area contributed by atoms with Crippen LogP contribution < -0.4 is 0 Å². The average Bonchev–Trinajstić information content (AvgIpc) is 2.93. The van der Waals surface area contributed by atoms with Gasteiger partial charge in [-0.2, -0.15) is 0 Å². The molecule has 0 bridgehead atoms. The summed E-state index contributed by atoms with van der Waals surface area (Å²) in [6, 6.07) is 0. The highest BCUT2D eigenvalue weighted by molar-refractivity contribution is 8.00. The number of aliphatic hydroxyl groups is 2. The normalized spacial score (nSPS) is 44.7. The number of allylic oxidation sites excluding steroid dienone is 4. The van der Waals surface area contributed by atoms with Crippen LogP contribution in [-0.2, 0) is 14.4 Å². The minimum Gasteiger partial charge on any atom is -0.481 e. The summed E-state index contributed by atoms with van der Waals surface area (Å²) >= 11 is 1.01. The molecule has 0 aliphatic heterocycles. The summed E-state index contributed by atoms with van der Waals surface area (Å²) in [5, 5.41) is 31.7. The third kappa shape index (κ3) is 3.04. The Balaban J connectivity index is 1.62. The van der Waals surface area contributed by atoms with Crippen LogP contribution in [0.2, 0.25) is 0 Å². The van der Waals surface area contributed by atoms with E-state index in [1.54, 1.807) is 12.2 Å². The molecule has 0 amide bonds. The van der Waals surface area contributed by atoms with Gasteiger partial charge in [-0.3, -0.25) is 14.4 Å². The Hall–Kier alpha value is -1.44. The van der Waals surface area contributed by atoms with Crippen LogP contribution in [0, 0.1) is 28.6 Å². The number of thioether (sulfide) groups is 1. The molecule has 4 rings (SSSR count). The van der Waals surface area contributed by atoms with Gasteiger partial charge in [-0.1, -0.05) is 25.5 Å². The molecule has 7 heteroatoms. The van der Waals surface area contributed by atoms with Gasteiger partial charge in [-0.25, -0.2) is 0 Å². The molecule has 6 nitrogen and oxygen atoms in total. The molecule has 4 aliphatic carbocycles. The van der Waals surface area contributed by atoms with Gasteiger partial charge < -0.3 is 15.3 Å². The highest BCUT2D eigenvalue weighted by Gasteiger charge is 2.67. The third-order valence-corrected chi connectivity index (χ3v) is 9.49. The van der Waals surface area contributed by atoms with Crippen LogP contribution in [0.3, 0.4) is 0 Å². The number of rotatable bonds is 5. The van der Waals surface area contributed by atoms with E-state index < -0.39 is 23.1 Å². The zero-order chi connectivity index (χ0) is 21.9. The average molecular weight is 435 g/mol. The van der Waals surface area contributed by atoms with Gasteiger partial charge in [0.05, 0.1) is 17.6 Å². The van der Waals surface area contributed by atoms with Crippen LogP contribution in [0.25, 0.3) is 0 Å². The second-order valence-electron chi connectivity index (χ2n) is 9.92. The van der Waals surface area contributed by atoms with Crippen LogP contribution in [0.15, 0.2) is 23.8 Å². The van der Waals surface area contributed by atoms with Gasteiger partial charge in [0.1, 0.15) is 5.60 Å². The SMILES string of the molecule is C[C@]12C=CC(=O)C=C1CC[C@@H]1[C@@H]2[C@@H](O)C[C@@]2(C)[C@H]1CC[C@]2(O)C(=O)CSCC(=O)O. The Morgan fingerprint density at radius 3 is 2.67 bits per heavy atom. The van der Waals surface area contributed by atoms with E-state index in [0.717, 1.165) is 30.2 Å². The first-order chi connectivity index (χ1) is 14.0. The van der Waals surface area contributed by atoms with Crippen molar-refractivity contribution in [2.75, 3.05) is 11.5 Å². The quantitative estimate of drug-likeness (QED) is 0.609. The van der Waals surface area contributed by atoms with E-state index in [2.05, 4.69) is 6.92 Å². The predicted molar refractivity (Wildman–Crippen MR) is 113 cm³/mol. The fourth-order valence-corrected chi connectivity index (χ4v) is 7.84. The van der Waals surface area contributed by atoms with Crippen molar-refractivity contribution in [2.45, 2.75) is 57.7 Å². The van der Waals surface area contributed by atoms with Gasteiger partial charge in [0.2, 0.25) is 0 Å². The molecule has 3 fully saturated rings. The molecular weight excluding hydrogens is 404 g/mol. The van der Waals surface area contributed by atoms with Crippen LogP contribution in [0.4, 0.5) is 0 Å². The Morgan fingerprint density at radius 2 is 1.97 bits per heavy atom. The van der Waals surface area contributed by atoms with Crippen molar-refractivity contribution in [1.82, 2.24) is 0 Å². The molecule has 0 radical (unpaired) electrons. The molecule has 0 spiro atoms. The van der Waals surface area contributed by atoms with Gasteiger partial charge in [0, 0.05) is 16.7 Å². The Kier molecular flexibility index (Phi) is 5.31. The molecule has 164 valence electrons. The molecule has 3 N–H and O–H groups in total. The second-order valence-corrected chi connectivity index (χ2v) is 10.9. The number of hydrogen-bond acceptors (Lipinski definition) is 6. The molecule has 0 aromatic rings. The maximum Gasteiger partial charge on any atom is 0.313 e. The predicted octanol–water partition coefficient (Wildman–Crippen LogP) is 2.38. The lowest BCUT2D eigenvalue weighted by Crippen LogP contribution is -2.61. The number of Topliss-reactive ketones (excluding diaryl/α,β-unsaturated/α-hetero) is 1. The number of carboxylic acids is 1. The summed E-state index contributed by atoms with van der Waals surface area (Å²) in [6.07, 6.45) is 7.59. The minimum atomic E-state index is -1.54. The highest BCUT2D eigenvalue weighted by atomic mass is 32.2. The van der Waals surface area contributed by atoms with Crippen molar-refractivity contribution in [3.8, 4) is 0 Å². The lowest BCUT2D eigenvalue weighted by molar-refractivity contribution is -0.174. The smallest absolute Gasteiger partial charge is 0.313 e. The molecular formula is C23H30O6S. The van der Waals surface area contributed by atoms with Crippen molar-refractivity contribution >= 4 is 29.3 Å². The standard InChI is InChI=1S/C23H30O6S/c1-21-7-5-14(24)9-13(21)3-4-15-16-6-8-23(29,18(26)11-30-12-19(27)28)22(16,2)10-17(25)20(15)21/h5,7,9,15-17,20,25,29H,3-4,6,8,10-12H2,1-2H3,(H,27,28)/t15-,16-,17-,20+,21-,22-,23-/m0/s1. The number of carboxylic acid groups (broad SMARTS) is 1. The summed E-state index contributed by atoms with van der Waals surface area (Å²) in [6.45, 7) is 4.02. The number of hydrogen-bond donors (Lipinski definition) is 3. The number of aliphatic hydroxyl groups excluding tert-OH is 1. The number of carbonyl (C=O) groups excluding carboxylic acids is 2. The topological polar surface area (TPSA) is 112 Å². The molecule has 0 aromatic heterocycles. The minimum absolute atomic E-state index is 0.00392. The van der Waals surface area contributed by atoms with Crippen LogP contribution >= 0.6 is 11.8 Å². The van der Waals surface area contributed by atoms with Gasteiger partial charge >= 0.3 is 5.97 Å². The highest BCUT2D eigenvalue weighted by Crippen LogP contribution is 2.67. The first-order valence-corrected chi connectivity index (χ1v) is 11.9. The molecule has 7 atom stereocenters. The van der Waals surface area contributed by atoms with E-state index in [-0.39, 0.29) is 46.2 Å². The van der Waals surface area contributed by atoms with E-state index in [1.165, 1.54) is 0 Å². The Labute approximate surface area is 180 Å². The maximum atomic E-state index is 13.0. The molecule has 3 saturated carbocycles. The van der Waals surface area contributed by atoms with E-state index in [4.69, 9.17) is 5.11 Å². The summed E-state index contributed by atoms with van der Waals surface area (Å²) in [5.74, 6) is -1.30. The van der Waals surface area contributed by atoms with Gasteiger partial charge in [-0.05, 0) is 56.1 Å². The number of aliphatic carboxylic acids is 1. The lowest BCUT2D eigenvalue weighted by Gasteiger charge is -2.59. The Morgan fingerprint density at radius 1 is 1.23 bits per heavy atom. The number of fused-ring (bicyclic) bond motifs is 5. The van der Waals surface area contributed by atoms with Gasteiger partial charge in [0.25, 0.3) is 0 Å². The first-order valence-electron chi connectivity index (χ1n) is 10.7. The zero-order valence-electron chi connectivity index (χ0n) is 17.5. The van der Waals surface area contributed by atoms with E-state index in [0.29, 0.717) is 19.3 Å². The second kappa shape index (κ2) is 7.31. The van der Waals surface area contributed by atoms with E-state index in [9.17, 15) is 24.6 Å². The molecule has 0 unspecified atom stereocenters. The van der Waals surface area contributed by atoms with E-state index in [1.807, 2.05) is 13.0 Å². The summed E-state index contributed by atoms with van der Waals surface area (Å²) in [7, 11) is 0. The van der Waals surface area contributed by atoms with E-state index >= 15 is 0 Å². The van der Waals surface area contributed by atoms with Crippen LogP contribution in [-0.4, -0.2) is 56.1 Å². The molecule has 0 saturated heterocycles. The fraction of sp³-hybridized carbons (Fsp3) is 0.696. The van der Waals surface area contributed by atoms with Crippen molar-refractivity contribution in [3.05, 3.63) is 23.8 Å². The summed E-state index contributed by atoms with van der Waals surface area (Å²) in [4.78, 5) is 35.7. The van der Waals surface area contributed by atoms with Crippen LogP contribution in [0.5, 0.6) is 0 Å². The zero-order valence-corrected chi connectivity index (χ0v) is 18.3. The van der Waals surface area contributed by atoms with Crippen molar-refractivity contribution < 1.29 is 29.7 Å². The monoisotopic (exact) mass is 434 g/mol. The largest absolute Gasteiger partial charge is 0.481 e. The Bertz CT molecular complexity index is 849. The van der Waals surface area contributed by atoms with Crippen molar-refractivity contribution in [2.24, 2.45) is 28.6 Å². The van der Waals surface area contributed by atoms with Gasteiger partial charge in [-0.15, -0.1) is 11.8 Å². The molecule has 0 heterocycles. The maximum absolute atomic E-state index is 13.0. The van der Waals surface area contributed by atoms with Crippen molar-refractivity contribution in [1.29, 1.82) is 0 Å². The van der Waals surface area contributed by atoms with Crippen LogP contribution in [0.1, 0.15) is 46.0 Å². The summed E-state index contributed by atoms with van der Waals surface area (Å²) in [5.41, 5.74) is -1.57. The number of ketones is 2.